The Morgan fingerprint density at radius 2 is 2.12 bits per heavy atom. The molecule has 0 saturated carbocycles. The van der Waals surface area contributed by atoms with Gasteiger partial charge in [-0.15, -0.1) is 0 Å². The highest BCUT2D eigenvalue weighted by molar-refractivity contribution is 5.74. The Hall–Kier alpha value is -1.82. The van der Waals surface area contributed by atoms with Crippen molar-refractivity contribution >= 4 is 11.8 Å². The molecule has 25 heavy (non-hydrogen) atoms. The maximum Gasteiger partial charge on any atom is 0.315 e. The molecule has 2 amide bonds. The number of carbonyl (C=O) groups excluding carboxylic acids is 1. The molecule has 6 heteroatoms. The summed E-state index contributed by atoms with van der Waals surface area (Å²) in [6.07, 6.45) is 6.60. The molecule has 140 valence electrons. The molecule has 2 heterocycles. The number of nitrogens with one attached hydrogen (secondary N) is 2. The van der Waals surface area contributed by atoms with Crippen molar-refractivity contribution in [2.75, 3.05) is 31.1 Å². The summed E-state index contributed by atoms with van der Waals surface area (Å²) in [7, 11) is 0. The fraction of sp³-hybridized carbons (Fsp3) is 0.684. The van der Waals surface area contributed by atoms with E-state index in [1.165, 1.54) is 5.56 Å². The number of rotatable bonds is 8. The van der Waals surface area contributed by atoms with Crippen LogP contribution in [0.5, 0.6) is 0 Å². The number of anilines is 1. The summed E-state index contributed by atoms with van der Waals surface area (Å²) in [6.45, 7) is 6.79. The fourth-order valence-electron chi connectivity index (χ4n) is 3.31. The number of urea groups is 1. The number of piperidine rings is 1. The van der Waals surface area contributed by atoms with Gasteiger partial charge in [0.1, 0.15) is 5.82 Å². The molecule has 1 fully saturated rings. The summed E-state index contributed by atoms with van der Waals surface area (Å²) in [5, 5.41) is 15.1. The van der Waals surface area contributed by atoms with Gasteiger partial charge in [0, 0.05) is 38.5 Å². The minimum atomic E-state index is -0.0917. The van der Waals surface area contributed by atoms with Gasteiger partial charge in [-0.25, -0.2) is 9.78 Å². The first-order valence-corrected chi connectivity index (χ1v) is 9.45. The molecule has 0 bridgehead atoms. The zero-order valence-corrected chi connectivity index (χ0v) is 15.5. The molecule has 1 saturated heterocycles. The number of aromatic nitrogens is 1. The molecule has 1 aromatic heterocycles. The summed E-state index contributed by atoms with van der Waals surface area (Å²) in [5.41, 5.74) is 1.17. The minimum Gasteiger partial charge on any atom is -0.396 e. The second kappa shape index (κ2) is 10.2. The predicted molar refractivity (Wildman–Crippen MR) is 101 cm³/mol. The third-order valence-electron chi connectivity index (χ3n) is 4.84. The number of aliphatic hydroxyl groups excluding tert-OH is 1. The smallest absolute Gasteiger partial charge is 0.315 e. The second-order valence-corrected chi connectivity index (χ2v) is 6.98. The Morgan fingerprint density at radius 1 is 1.36 bits per heavy atom. The summed E-state index contributed by atoms with van der Waals surface area (Å²) in [6, 6.07) is 4.26. The monoisotopic (exact) mass is 348 g/mol. The van der Waals surface area contributed by atoms with Crippen LogP contribution >= 0.6 is 0 Å². The van der Waals surface area contributed by atoms with Crippen LogP contribution in [0, 0.1) is 12.8 Å². The summed E-state index contributed by atoms with van der Waals surface area (Å²) < 4.78 is 0. The molecule has 2 rings (SSSR count). The van der Waals surface area contributed by atoms with Crippen LogP contribution in [0.25, 0.3) is 0 Å². The van der Waals surface area contributed by atoms with Crippen LogP contribution in [-0.4, -0.2) is 48.4 Å². The Balaban J connectivity index is 1.70. The predicted octanol–water partition coefficient (Wildman–Crippen LogP) is 2.46. The minimum absolute atomic E-state index is 0.0917. The third kappa shape index (κ3) is 6.53. The number of aryl methyl sites for hydroxylation is 1. The van der Waals surface area contributed by atoms with Crippen LogP contribution in [-0.2, 0) is 0 Å². The van der Waals surface area contributed by atoms with Crippen LogP contribution in [0.15, 0.2) is 18.3 Å². The van der Waals surface area contributed by atoms with Crippen LogP contribution in [0.2, 0.25) is 0 Å². The first-order valence-electron chi connectivity index (χ1n) is 9.45. The second-order valence-electron chi connectivity index (χ2n) is 6.98. The van der Waals surface area contributed by atoms with Crippen LogP contribution in [0.4, 0.5) is 10.6 Å². The topological polar surface area (TPSA) is 77.5 Å². The van der Waals surface area contributed by atoms with E-state index in [0.29, 0.717) is 12.5 Å². The van der Waals surface area contributed by atoms with E-state index in [4.69, 9.17) is 5.11 Å². The number of carbonyl (C=O) groups is 1. The highest BCUT2D eigenvalue weighted by atomic mass is 16.3. The number of aliphatic hydroxyl groups is 1. The van der Waals surface area contributed by atoms with E-state index >= 15 is 0 Å². The summed E-state index contributed by atoms with van der Waals surface area (Å²) >= 11 is 0. The average Bonchev–Trinajstić information content (AvgIpc) is 2.61. The van der Waals surface area contributed by atoms with Crippen LogP contribution in [0.1, 0.15) is 44.6 Å². The zero-order chi connectivity index (χ0) is 18.1. The van der Waals surface area contributed by atoms with Gasteiger partial charge in [0.05, 0.1) is 0 Å². The first kappa shape index (κ1) is 19.5. The lowest BCUT2D eigenvalue weighted by Crippen LogP contribution is -2.48. The molecular formula is C19H32N4O2. The van der Waals surface area contributed by atoms with Gasteiger partial charge < -0.3 is 20.6 Å². The SMILES string of the molecule is CCCC(CCO)CNC(=O)NC1CCN(c2ccc(C)cn2)CC1. The zero-order valence-electron chi connectivity index (χ0n) is 15.5. The maximum absolute atomic E-state index is 12.1. The molecule has 0 spiro atoms. The first-order chi connectivity index (χ1) is 12.1. The largest absolute Gasteiger partial charge is 0.396 e. The lowest BCUT2D eigenvalue weighted by atomic mass is 10.0. The molecule has 1 aliphatic rings. The molecule has 0 aliphatic carbocycles. The van der Waals surface area contributed by atoms with Gasteiger partial charge in [-0.2, -0.15) is 0 Å². The van der Waals surface area contributed by atoms with Gasteiger partial charge in [0.15, 0.2) is 0 Å². The van der Waals surface area contributed by atoms with E-state index in [1.54, 1.807) is 0 Å². The van der Waals surface area contributed by atoms with Gasteiger partial charge in [-0.1, -0.05) is 19.4 Å². The van der Waals surface area contributed by atoms with Crippen molar-refractivity contribution < 1.29 is 9.90 Å². The Bertz CT molecular complexity index is 507. The van der Waals surface area contributed by atoms with Crippen LogP contribution < -0.4 is 15.5 Å². The lowest BCUT2D eigenvalue weighted by Gasteiger charge is -2.33. The Labute approximate surface area is 151 Å². The highest BCUT2D eigenvalue weighted by Crippen LogP contribution is 2.18. The fourth-order valence-corrected chi connectivity index (χ4v) is 3.31. The van der Waals surface area contributed by atoms with Gasteiger partial charge in [-0.05, 0) is 50.2 Å². The quantitative estimate of drug-likeness (QED) is 0.674. The average molecular weight is 348 g/mol. The van der Waals surface area contributed by atoms with E-state index < -0.39 is 0 Å². The van der Waals surface area contributed by atoms with E-state index in [1.807, 2.05) is 13.1 Å². The van der Waals surface area contributed by atoms with Gasteiger partial charge in [-0.3, -0.25) is 0 Å². The van der Waals surface area contributed by atoms with Gasteiger partial charge in [0.25, 0.3) is 0 Å². The number of hydrogen-bond acceptors (Lipinski definition) is 4. The van der Waals surface area contributed by atoms with Crippen molar-refractivity contribution in [1.29, 1.82) is 0 Å². The molecule has 1 atom stereocenters. The number of amides is 2. The van der Waals surface area contributed by atoms with Gasteiger partial charge >= 0.3 is 6.03 Å². The van der Waals surface area contributed by atoms with E-state index in [9.17, 15) is 4.79 Å². The maximum atomic E-state index is 12.1. The van der Waals surface area contributed by atoms with E-state index in [2.05, 4.69) is 39.6 Å². The van der Waals surface area contributed by atoms with Crippen molar-refractivity contribution in [3.63, 3.8) is 0 Å². The Morgan fingerprint density at radius 3 is 2.72 bits per heavy atom. The number of pyridine rings is 1. The van der Waals surface area contributed by atoms with Crippen molar-refractivity contribution in [3.8, 4) is 0 Å². The molecule has 6 nitrogen and oxygen atoms in total. The summed E-state index contributed by atoms with van der Waals surface area (Å²) in [5.74, 6) is 1.37. The van der Waals surface area contributed by atoms with E-state index in [-0.39, 0.29) is 18.7 Å². The van der Waals surface area contributed by atoms with Crippen LogP contribution in [0.3, 0.4) is 0 Å². The molecule has 1 unspecified atom stereocenters. The summed E-state index contributed by atoms with van der Waals surface area (Å²) in [4.78, 5) is 18.9. The molecule has 3 N–H and O–H groups in total. The normalized spacial score (nSPS) is 16.5. The highest BCUT2D eigenvalue weighted by Gasteiger charge is 2.21. The molecular weight excluding hydrogens is 316 g/mol. The van der Waals surface area contributed by atoms with Gasteiger partial charge in [0.2, 0.25) is 0 Å². The third-order valence-corrected chi connectivity index (χ3v) is 4.84. The molecule has 1 aliphatic heterocycles. The lowest BCUT2D eigenvalue weighted by molar-refractivity contribution is 0.224. The Kier molecular flexibility index (Phi) is 7.98. The molecule has 0 aromatic carbocycles. The van der Waals surface area contributed by atoms with Crippen molar-refractivity contribution in [1.82, 2.24) is 15.6 Å². The van der Waals surface area contributed by atoms with Crippen molar-refractivity contribution in [3.05, 3.63) is 23.9 Å². The molecule has 0 radical (unpaired) electrons. The van der Waals surface area contributed by atoms with Crippen molar-refractivity contribution in [2.45, 2.75) is 52.0 Å². The standard InChI is InChI=1S/C19H32N4O2/c1-3-4-16(9-12-24)14-21-19(25)22-17-7-10-23(11-8-17)18-6-5-15(2)13-20-18/h5-6,13,16-17,24H,3-4,7-12,14H2,1-2H3,(H2,21,22,25). The number of hydrogen-bond donors (Lipinski definition) is 3. The number of nitrogens with zero attached hydrogens (tertiary/aromatic N) is 2. The molecule has 1 aromatic rings. The van der Waals surface area contributed by atoms with E-state index in [0.717, 1.165) is 51.0 Å². The van der Waals surface area contributed by atoms with Crippen molar-refractivity contribution in [2.24, 2.45) is 5.92 Å².